The molecule has 0 radical (unpaired) electrons. The summed E-state index contributed by atoms with van der Waals surface area (Å²) in [6, 6.07) is 30.2. The van der Waals surface area contributed by atoms with Crippen molar-refractivity contribution in [3.8, 4) is 0 Å². The maximum absolute atomic E-state index is 6.72. The smallest absolute Gasteiger partial charge is 0.213 e. The van der Waals surface area contributed by atoms with Gasteiger partial charge in [0, 0.05) is 43.1 Å². The van der Waals surface area contributed by atoms with Crippen LogP contribution >= 0.6 is 0 Å². The summed E-state index contributed by atoms with van der Waals surface area (Å²) in [6.45, 7) is 20.9. The number of furan rings is 1. The summed E-state index contributed by atoms with van der Waals surface area (Å²) in [7, 11) is 0. The van der Waals surface area contributed by atoms with E-state index in [1.165, 1.54) is 92.7 Å². The Kier molecular flexibility index (Phi) is 4.77. The molecule has 0 spiro atoms. The normalized spacial score (nSPS) is 14.1. The van der Waals surface area contributed by atoms with Crippen molar-refractivity contribution in [2.75, 3.05) is 0 Å². The van der Waals surface area contributed by atoms with Crippen LogP contribution in [-0.2, 0) is 16.2 Å². The van der Waals surface area contributed by atoms with E-state index >= 15 is 0 Å². The molecule has 47 heavy (non-hydrogen) atoms. The van der Waals surface area contributed by atoms with Crippen molar-refractivity contribution >= 4 is 87.4 Å². The first-order valence-electron chi connectivity index (χ1n) is 17.0. The lowest BCUT2D eigenvalue weighted by atomic mass is 9.84. The number of benzene rings is 5. The topological polar surface area (TPSA) is 22.0 Å². The Labute approximate surface area is 274 Å². The Balaban J connectivity index is 1.48. The first-order valence-corrected chi connectivity index (χ1v) is 17.0. The van der Waals surface area contributed by atoms with Crippen molar-refractivity contribution in [1.29, 1.82) is 0 Å². The van der Waals surface area contributed by atoms with E-state index in [-0.39, 0.29) is 16.2 Å². The minimum Gasteiger partial charge on any atom is -0.439 e. The fourth-order valence-electron chi connectivity index (χ4n) is 8.46. The Morgan fingerprint density at radius 1 is 0.426 bits per heavy atom. The number of nitrogens with zero attached hydrogens (tertiary/aromatic N) is 2. The van der Waals surface area contributed by atoms with Crippen LogP contribution < -0.4 is 0 Å². The predicted octanol–water partition coefficient (Wildman–Crippen LogP) is 12.6. The number of fused-ring (bicyclic) bond motifs is 15. The number of para-hydroxylation sites is 1. The molecule has 5 aromatic carbocycles. The highest BCUT2D eigenvalue weighted by Gasteiger charge is 2.29. The van der Waals surface area contributed by atoms with E-state index in [1.807, 2.05) is 0 Å². The lowest BCUT2D eigenvalue weighted by Gasteiger charge is -2.20. The standard InChI is InChI=1S/C44H40N2O/c1-42(2,3)23-14-15-32-27(18-23)28-19-24(43(4,5)6)21-30-37-33(45(32)39(28)30)16-17-34-38(37)31-22-25(44(7,8)9)20-29-36-26-12-10-11-13-35(26)47-41(36)46(34)40(29)31/h10-22H,1-9H3. The molecule has 0 fully saturated rings. The summed E-state index contributed by atoms with van der Waals surface area (Å²) in [6.07, 6.45) is 0. The molecule has 0 atom stereocenters. The Bertz CT molecular complexity index is 2940. The minimum atomic E-state index is -0.00891. The van der Waals surface area contributed by atoms with E-state index in [9.17, 15) is 0 Å². The van der Waals surface area contributed by atoms with Gasteiger partial charge >= 0.3 is 0 Å². The van der Waals surface area contributed by atoms with Gasteiger partial charge in [-0.1, -0.05) is 86.6 Å². The molecule has 0 aliphatic heterocycles. The van der Waals surface area contributed by atoms with Gasteiger partial charge in [0.25, 0.3) is 0 Å². The van der Waals surface area contributed by atoms with Crippen molar-refractivity contribution in [1.82, 2.24) is 8.80 Å². The second kappa shape index (κ2) is 8.20. The highest BCUT2D eigenvalue weighted by molar-refractivity contribution is 6.36. The van der Waals surface area contributed by atoms with Crippen LogP contribution in [0.25, 0.3) is 87.4 Å². The van der Waals surface area contributed by atoms with Crippen molar-refractivity contribution in [3.63, 3.8) is 0 Å². The van der Waals surface area contributed by atoms with Crippen LogP contribution in [0, 0.1) is 0 Å². The third-order valence-corrected chi connectivity index (χ3v) is 11.0. The van der Waals surface area contributed by atoms with E-state index in [0.717, 1.165) is 11.3 Å². The molecule has 0 aliphatic rings. The van der Waals surface area contributed by atoms with E-state index < -0.39 is 0 Å². The predicted molar refractivity (Wildman–Crippen MR) is 202 cm³/mol. The van der Waals surface area contributed by atoms with Gasteiger partial charge in [0.05, 0.1) is 33.0 Å². The van der Waals surface area contributed by atoms with Gasteiger partial charge < -0.3 is 8.82 Å². The summed E-state index contributed by atoms with van der Waals surface area (Å²) in [5.41, 5.74) is 12.4. The third kappa shape index (κ3) is 3.32. The van der Waals surface area contributed by atoms with Gasteiger partial charge in [-0.2, -0.15) is 0 Å². The van der Waals surface area contributed by atoms with Crippen LogP contribution in [0.4, 0.5) is 0 Å². The molecule has 10 aromatic rings. The quantitative estimate of drug-likeness (QED) is 0.167. The zero-order valence-electron chi connectivity index (χ0n) is 28.8. The Morgan fingerprint density at radius 2 is 0.915 bits per heavy atom. The van der Waals surface area contributed by atoms with Gasteiger partial charge in [0.2, 0.25) is 5.71 Å². The lowest BCUT2D eigenvalue weighted by Crippen LogP contribution is -2.11. The zero-order valence-corrected chi connectivity index (χ0v) is 28.8. The van der Waals surface area contributed by atoms with Gasteiger partial charge in [-0.3, -0.25) is 4.40 Å². The third-order valence-electron chi connectivity index (χ3n) is 11.0. The molecule has 0 saturated carbocycles. The first-order chi connectivity index (χ1) is 22.2. The molecule has 0 amide bonds. The van der Waals surface area contributed by atoms with Gasteiger partial charge in [-0.15, -0.1) is 0 Å². The molecule has 0 unspecified atom stereocenters. The SMILES string of the molecule is CC(C)(C)c1ccc2c(c1)c1cc(C(C)(C)C)cc3c4c5c6cc(C(C)(C)C)cc7c8c9ccccc9oc8n(c5ccc4n2c13)c67. The fourth-order valence-corrected chi connectivity index (χ4v) is 8.46. The number of hydrogen-bond donors (Lipinski definition) is 0. The maximum atomic E-state index is 6.72. The van der Waals surface area contributed by atoms with E-state index in [2.05, 4.69) is 150 Å². The average molecular weight is 613 g/mol. The van der Waals surface area contributed by atoms with Gasteiger partial charge in [0.1, 0.15) is 5.58 Å². The van der Waals surface area contributed by atoms with Gasteiger partial charge in [0.15, 0.2) is 0 Å². The molecule has 5 heterocycles. The minimum absolute atomic E-state index is 0.00654. The second-order valence-electron chi connectivity index (χ2n) is 17.1. The first kappa shape index (κ1) is 27.4. The number of aromatic nitrogens is 2. The molecular formula is C44H40N2O. The highest BCUT2D eigenvalue weighted by Crippen LogP contribution is 2.50. The molecule has 0 N–H and O–H groups in total. The van der Waals surface area contributed by atoms with Crippen LogP contribution in [0.15, 0.2) is 83.3 Å². The Morgan fingerprint density at radius 3 is 1.53 bits per heavy atom. The van der Waals surface area contributed by atoms with Crippen LogP contribution in [0.1, 0.15) is 79.0 Å². The number of rotatable bonds is 0. The van der Waals surface area contributed by atoms with Crippen LogP contribution in [0.5, 0.6) is 0 Å². The molecule has 0 bridgehead atoms. The number of hydrogen-bond acceptors (Lipinski definition) is 1. The highest BCUT2D eigenvalue weighted by atomic mass is 16.3. The van der Waals surface area contributed by atoms with Gasteiger partial charge in [-0.25, -0.2) is 0 Å². The fraction of sp³-hybridized carbons (Fsp3) is 0.273. The van der Waals surface area contributed by atoms with E-state index in [4.69, 9.17) is 4.42 Å². The van der Waals surface area contributed by atoms with E-state index in [1.54, 1.807) is 0 Å². The van der Waals surface area contributed by atoms with Crippen molar-refractivity contribution < 1.29 is 4.42 Å². The summed E-state index contributed by atoms with van der Waals surface area (Å²) in [5.74, 6) is 0. The van der Waals surface area contributed by atoms with Crippen LogP contribution in [-0.4, -0.2) is 8.80 Å². The molecular weight excluding hydrogens is 572 g/mol. The van der Waals surface area contributed by atoms with Crippen molar-refractivity contribution in [3.05, 3.63) is 95.6 Å². The van der Waals surface area contributed by atoms with Crippen molar-refractivity contribution in [2.24, 2.45) is 0 Å². The summed E-state index contributed by atoms with van der Waals surface area (Å²) < 4.78 is 11.7. The van der Waals surface area contributed by atoms with Crippen molar-refractivity contribution in [2.45, 2.75) is 78.6 Å². The molecule has 232 valence electrons. The Hall–Kier alpha value is -4.76. The van der Waals surface area contributed by atoms with Gasteiger partial charge in [-0.05, 0) is 87.5 Å². The molecule has 5 aromatic heterocycles. The second-order valence-corrected chi connectivity index (χ2v) is 17.1. The molecule has 0 saturated heterocycles. The maximum Gasteiger partial charge on any atom is 0.213 e. The molecule has 3 heteroatoms. The zero-order chi connectivity index (χ0) is 32.5. The average Bonchev–Trinajstić information content (AvgIpc) is 3.78. The summed E-state index contributed by atoms with van der Waals surface area (Å²) in [4.78, 5) is 0. The van der Waals surface area contributed by atoms with Crippen LogP contribution in [0.3, 0.4) is 0 Å². The summed E-state index contributed by atoms with van der Waals surface area (Å²) >= 11 is 0. The molecule has 10 rings (SSSR count). The molecule has 0 aliphatic carbocycles. The lowest BCUT2D eigenvalue weighted by molar-refractivity contribution is 0.590. The largest absolute Gasteiger partial charge is 0.439 e. The molecule has 3 nitrogen and oxygen atoms in total. The summed E-state index contributed by atoms with van der Waals surface area (Å²) in [5, 5.41) is 11.7. The van der Waals surface area contributed by atoms with Crippen LogP contribution in [0.2, 0.25) is 0 Å². The van der Waals surface area contributed by atoms with E-state index in [0.29, 0.717) is 0 Å². The monoisotopic (exact) mass is 612 g/mol.